The predicted molar refractivity (Wildman–Crippen MR) is 169 cm³/mol. The van der Waals surface area contributed by atoms with E-state index in [0.717, 1.165) is 38.5 Å². The minimum Gasteiger partial charge on any atom is -0.454 e. The van der Waals surface area contributed by atoms with Gasteiger partial charge in [0, 0.05) is 12.8 Å². The zero-order chi connectivity index (χ0) is 37.0. The first kappa shape index (κ1) is 43.3. The molecule has 0 aliphatic carbocycles. The summed E-state index contributed by atoms with van der Waals surface area (Å²) in [6, 6.07) is -1.67. The molecule has 3 amide bonds. The Hall–Kier alpha value is -3.69. The van der Waals surface area contributed by atoms with Crippen LogP contribution >= 0.6 is 0 Å². The molecular formula is C33H48F6N4O6. The van der Waals surface area contributed by atoms with Crippen molar-refractivity contribution in [2.45, 2.75) is 128 Å². The molecule has 0 saturated carbocycles. The molecule has 16 heteroatoms. The van der Waals surface area contributed by atoms with Crippen LogP contribution in [-0.4, -0.2) is 54.7 Å². The zero-order valence-corrected chi connectivity index (χ0v) is 27.8. The number of ether oxygens (including phenoxy) is 1. The number of alkyl halides is 6. The maximum absolute atomic E-state index is 13.5. The van der Waals surface area contributed by atoms with Crippen molar-refractivity contribution in [2.24, 2.45) is 11.5 Å². The van der Waals surface area contributed by atoms with E-state index in [4.69, 9.17) is 11.5 Å². The van der Waals surface area contributed by atoms with E-state index >= 15 is 0 Å². The second kappa shape index (κ2) is 22.1. The summed E-state index contributed by atoms with van der Waals surface area (Å²) < 4.78 is 85.7. The highest BCUT2D eigenvalue weighted by atomic mass is 19.4. The van der Waals surface area contributed by atoms with Crippen molar-refractivity contribution in [2.75, 3.05) is 13.2 Å². The second-order valence-electron chi connectivity index (χ2n) is 11.8. The van der Waals surface area contributed by atoms with E-state index in [-0.39, 0.29) is 50.8 Å². The van der Waals surface area contributed by atoms with Crippen LogP contribution < -0.4 is 22.1 Å². The number of ketones is 1. The van der Waals surface area contributed by atoms with E-state index in [1.807, 2.05) is 0 Å². The van der Waals surface area contributed by atoms with E-state index in [9.17, 15) is 50.3 Å². The highest BCUT2D eigenvalue weighted by Gasteiger charge is 2.43. The summed E-state index contributed by atoms with van der Waals surface area (Å²) in [6.45, 7) is 1.07. The van der Waals surface area contributed by atoms with E-state index in [0.29, 0.717) is 18.9 Å². The number of primary amides is 1. The quantitative estimate of drug-likeness (QED) is 0.0603. The third-order valence-electron chi connectivity index (χ3n) is 7.72. The van der Waals surface area contributed by atoms with Gasteiger partial charge in [0.05, 0.1) is 22.7 Å². The number of hydrogen-bond donors (Lipinski definition) is 4. The van der Waals surface area contributed by atoms with Crippen molar-refractivity contribution in [1.82, 2.24) is 10.6 Å². The summed E-state index contributed by atoms with van der Waals surface area (Å²) in [6.07, 6.45) is -1.37. The molecule has 278 valence electrons. The van der Waals surface area contributed by atoms with Gasteiger partial charge in [-0.15, -0.1) is 0 Å². The lowest BCUT2D eigenvalue weighted by atomic mass is 10.00. The Morgan fingerprint density at radius 1 is 0.735 bits per heavy atom. The third kappa shape index (κ3) is 17.0. The molecule has 0 aromatic heterocycles. The lowest BCUT2D eigenvalue weighted by Gasteiger charge is -2.23. The van der Waals surface area contributed by atoms with Crippen LogP contribution in [0.1, 0.15) is 125 Å². The van der Waals surface area contributed by atoms with Gasteiger partial charge in [0.15, 0.2) is 12.4 Å². The van der Waals surface area contributed by atoms with Crippen LogP contribution in [0.2, 0.25) is 0 Å². The smallest absolute Gasteiger partial charge is 0.417 e. The fraction of sp³-hybridized carbons (Fsp3) is 0.667. The lowest BCUT2D eigenvalue weighted by Crippen LogP contribution is -2.52. The maximum Gasteiger partial charge on any atom is 0.417 e. The van der Waals surface area contributed by atoms with Crippen molar-refractivity contribution < 1.29 is 55.1 Å². The number of carbonyl (C=O) groups excluding carboxylic acids is 5. The number of esters is 1. The average Bonchev–Trinajstić information content (AvgIpc) is 3.02. The number of benzene rings is 1. The third-order valence-corrected chi connectivity index (χ3v) is 7.72. The van der Waals surface area contributed by atoms with Gasteiger partial charge in [0.2, 0.25) is 17.7 Å². The predicted octanol–water partition coefficient (Wildman–Crippen LogP) is 5.74. The zero-order valence-electron chi connectivity index (χ0n) is 27.8. The maximum atomic E-state index is 13.5. The van der Waals surface area contributed by atoms with Crippen molar-refractivity contribution in [3.63, 3.8) is 0 Å². The summed E-state index contributed by atoms with van der Waals surface area (Å²) in [4.78, 5) is 62.9. The highest BCUT2D eigenvalue weighted by Crippen LogP contribution is 2.39. The molecule has 0 unspecified atom stereocenters. The molecule has 0 heterocycles. The van der Waals surface area contributed by atoms with Gasteiger partial charge in [0.1, 0.15) is 6.04 Å². The molecule has 0 bridgehead atoms. The number of rotatable bonds is 24. The summed E-state index contributed by atoms with van der Waals surface area (Å²) in [5, 5.41) is 4.93. The summed E-state index contributed by atoms with van der Waals surface area (Å²) >= 11 is 0. The van der Waals surface area contributed by atoms with Gasteiger partial charge in [-0.2, -0.15) is 26.3 Å². The Balaban J connectivity index is 2.98. The molecular weight excluding hydrogens is 662 g/mol. The monoisotopic (exact) mass is 710 g/mol. The Morgan fingerprint density at radius 3 is 1.80 bits per heavy atom. The normalized spacial score (nSPS) is 13.0. The van der Waals surface area contributed by atoms with Crippen molar-refractivity contribution >= 4 is 29.5 Å². The molecule has 0 aliphatic rings. The topological polar surface area (TPSA) is 171 Å². The summed E-state index contributed by atoms with van der Waals surface area (Å²) in [5.74, 6) is -5.20. The molecule has 2 atom stereocenters. The molecule has 0 spiro atoms. The molecule has 0 fully saturated rings. The van der Waals surface area contributed by atoms with Crippen LogP contribution in [0.25, 0.3) is 0 Å². The highest BCUT2D eigenvalue weighted by molar-refractivity contribution is 5.97. The number of carbonyl (C=O) groups is 5. The molecule has 1 aromatic carbocycles. The number of Topliss-reactive ketones (excluding diaryl/α,β-unsaturated/α-hetero) is 1. The number of amides is 3. The molecule has 6 N–H and O–H groups in total. The Morgan fingerprint density at radius 2 is 1.29 bits per heavy atom. The van der Waals surface area contributed by atoms with E-state index in [1.54, 1.807) is 0 Å². The standard InChI is InChI=1S/C33H48F6N4O6/c1-2-3-4-5-6-7-8-9-10-17-28(46)42-25(18-19-27(41)45)30(47)43-24(16-11-12-20-40)26(44)21-49-31(48)29-22(32(34,35)36)14-13-15-23(29)33(37,38)39/h13-15,24-25H,2-12,16-21,40H2,1H3,(H2,41,45)(H,42,46)(H,43,47)/t24-,25-/m0/s1. The first-order chi connectivity index (χ1) is 23.0. The fourth-order valence-electron chi connectivity index (χ4n) is 5.05. The van der Waals surface area contributed by atoms with Crippen LogP contribution in [-0.2, 0) is 36.3 Å². The number of halogens is 6. The van der Waals surface area contributed by atoms with Gasteiger partial charge >= 0.3 is 18.3 Å². The van der Waals surface area contributed by atoms with E-state index in [1.165, 1.54) is 12.8 Å². The SMILES string of the molecule is CCCCCCCCCCCC(=O)N[C@@H](CCC(N)=O)C(=O)N[C@@H](CCCCN)C(=O)COC(=O)c1c(C(F)(F)F)cccc1C(F)(F)F. The molecule has 10 nitrogen and oxygen atoms in total. The molecule has 0 aliphatic heterocycles. The number of nitrogens with two attached hydrogens (primary N) is 2. The van der Waals surface area contributed by atoms with E-state index in [2.05, 4.69) is 22.3 Å². The van der Waals surface area contributed by atoms with Crippen LogP contribution in [0.3, 0.4) is 0 Å². The first-order valence-corrected chi connectivity index (χ1v) is 16.6. The average molecular weight is 711 g/mol. The van der Waals surface area contributed by atoms with Gasteiger partial charge < -0.3 is 26.8 Å². The van der Waals surface area contributed by atoms with Crippen molar-refractivity contribution in [1.29, 1.82) is 0 Å². The number of hydrogen-bond acceptors (Lipinski definition) is 7. The van der Waals surface area contributed by atoms with Crippen LogP contribution in [0.5, 0.6) is 0 Å². The Labute approximate surface area is 282 Å². The van der Waals surface area contributed by atoms with Gasteiger partial charge in [-0.25, -0.2) is 4.79 Å². The van der Waals surface area contributed by atoms with Crippen molar-refractivity contribution in [3.8, 4) is 0 Å². The van der Waals surface area contributed by atoms with Crippen LogP contribution in [0.15, 0.2) is 18.2 Å². The molecule has 1 rings (SSSR count). The number of nitrogens with one attached hydrogen (secondary N) is 2. The van der Waals surface area contributed by atoms with Crippen molar-refractivity contribution in [3.05, 3.63) is 34.9 Å². The molecule has 49 heavy (non-hydrogen) atoms. The van der Waals surface area contributed by atoms with Gasteiger partial charge in [0.25, 0.3) is 0 Å². The molecule has 1 aromatic rings. The number of unbranched alkanes of at least 4 members (excludes halogenated alkanes) is 9. The summed E-state index contributed by atoms with van der Waals surface area (Å²) in [5.41, 5.74) is 5.11. The van der Waals surface area contributed by atoms with Gasteiger partial charge in [-0.05, 0) is 50.8 Å². The molecule has 0 saturated heterocycles. The Bertz CT molecular complexity index is 1190. The van der Waals surface area contributed by atoms with Crippen LogP contribution in [0.4, 0.5) is 26.3 Å². The second-order valence-corrected chi connectivity index (χ2v) is 11.8. The van der Waals surface area contributed by atoms with Crippen LogP contribution in [0, 0.1) is 0 Å². The lowest BCUT2D eigenvalue weighted by molar-refractivity contribution is -0.144. The molecule has 0 radical (unpaired) electrons. The fourth-order valence-corrected chi connectivity index (χ4v) is 5.05. The van der Waals surface area contributed by atoms with Gasteiger partial charge in [-0.3, -0.25) is 19.2 Å². The van der Waals surface area contributed by atoms with Gasteiger partial charge in [-0.1, -0.05) is 64.4 Å². The van der Waals surface area contributed by atoms with E-state index < -0.39 is 77.2 Å². The summed E-state index contributed by atoms with van der Waals surface area (Å²) in [7, 11) is 0. The largest absolute Gasteiger partial charge is 0.454 e. The first-order valence-electron chi connectivity index (χ1n) is 16.6. The Kier molecular flexibility index (Phi) is 19.6. The minimum atomic E-state index is -5.35. The minimum absolute atomic E-state index is 0.0821.